The third-order valence-electron chi connectivity index (χ3n) is 6.91. The van der Waals surface area contributed by atoms with E-state index in [1.165, 1.54) is 37.8 Å². The summed E-state index contributed by atoms with van der Waals surface area (Å²) in [6, 6.07) is 6.39. The third kappa shape index (κ3) is 21.2. The van der Waals surface area contributed by atoms with E-state index in [-0.39, 0.29) is 22.1 Å². The minimum atomic E-state index is -0.911. The highest BCUT2D eigenvalue weighted by atomic mass is 35.5. The summed E-state index contributed by atoms with van der Waals surface area (Å²) < 4.78 is 19.8. The fourth-order valence-electron chi connectivity index (χ4n) is 4.07. The molecule has 286 valence electrons. The Balaban J connectivity index is -0.000000784. The normalized spacial score (nSPS) is 11.3. The number of aliphatic carboxylic acids is 1. The molecule has 0 saturated heterocycles. The summed E-state index contributed by atoms with van der Waals surface area (Å²) in [5, 5.41) is 11.4. The van der Waals surface area contributed by atoms with Crippen molar-refractivity contribution in [1.29, 1.82) is 0 Å². The van der Waals surface area contributed by atoms with Gasteiger partial charge in [-0.25, -0.2) is 9.18 Å². The molecule has 5 nitrogen and oxygen atoms in total. The fraction of sp³-hybridized carbons (Fsp3) is 0.581. The quantitative estimate of drug-likeness (QED) is 0.189. The minimum absolute atomic E-state index is 0.0313. The number of ketones is 1. The first kappa shape index (κ1) is 51.3. The van der Waals surface area contributed by atoms with Gasteiger partial charge in [-0.1, -0.05) is 140 Å². The molecule has 0 saturated carbocycles. The van der Waals surface area contributed by atoms with E-state index in [4.69, 9.17) is 21.1 Å². The Bertz CT molecular complexity index is 1370. The summed E-state index contributed by atoms with van der Waals surface area (Å²) in [7, 11) is 0. The zero-order valence-electron chi connectivity index (χ0n) is 34.6. The largest absolute Gasteiger partial charge is 0.480 e. The molecule has 0 fully saturated rings. The molecule has 0 aliphatic carbocycles. The number of rotatable bonds is 10. The molecule has 0 radical (unpaired) electrons. The number of unbranched alkanes of at least 4 members (excludes halogenated alkanes) is 1. The Morgan fingerprint density at radius 3 is 1.76 bits per heavy atom. The van der Waals surface area contributed by atoms with E-state index in [2.05, 4.69) is 80.8 Å². The molecule has 0 atom stereocenters. The molecule has 0 amide bonds. The van der Waals surface area contributed by atoms with Crippen molar-refractivity contribution in [3.63, 3.8) is 0 Å². The van der Waals surface area contributed by atoms with Crippen LogP contribution in [0.15, 0.2) is 53.6 Å². The molecule has 0 bridgehead atoms. The smallest absolute Gasteiger partial charge is 0.328 e. The summed E-state index contributed by atoms with van der Waals surface area (Å²) in [6.07, 6.45) is 7.18. The summed E-state index contributed by atoms with van der Waals surface area (Å²) in [5.74, 6) is -0.526. The average Bonchev–Trinajstić information content (AvgIpc) is 3.37. The number of furan rings is 1. The number of nitrogens with one attached hydrogen (secondary N) is 1. The van der Waals surface area contributed by atoms with Crippen LogP contribution in [0.1, 0.15) is 164 Å². The summed E-state index contributed by atoms with van der Waals surface area (Å²) in [4.78, 5) is 22.8. The maximum atomic E-state index is 13.8. The number of halogens is 2. The molecule has 0 unspecified atom stereocenters. The number of carboxylic acid groups (broad SMARTS) is 1. The van der Waals surface area contributed by atoms with E-state index in [0.29, 0.717) is 33.8 Å². The second kappa shape index (κ2) is 24.1. The van der Waals surface area contributed by atoms with Crippen LogP contribution in [-0.4, -0.2) is 22.4 Å². The number of aryl methyl sites for hydroxylation is 1. The van der Waals surface area contributed by atoms with Crippen molar-refractivity contribution in [3.8, 4) is 0 Å². The molecule has 2 aromatic rings. The van der Waals surface area contributed by atoms with E-state index in [1.807, 2.05) is 40.7 Å². The summed E-state index contributed by atoms with van der Waals surface area (Å²) in [6.45, 7) is 41.7. The number of Topliss-reactive ketones (excluding diaryl/α,β-unsaturated/α-hetero) is 1. The molecule has 0 spiro atoms. The summed E-state index contributed by atoms with van der Waals surface area (Å²) >= 11 is 5.77. The van der Waals surface area contributed by atoms with Crippen LogP contribution < -0.4 is 5.32 Å². The Morgan fingerprint density at radius 1 is 0.960 bits per heavy atom. The Kier molecular flexibility index (Phi) is 24.7. The molecule has 2 rings (SSSR count). The van der Waals surface area contributed by atoms with Gasteiger partial charge in [0.2, 0.25) is 5.78 Å². The Labute approximate surface area is 310 Å². The van der Waals surface area contributed by atoms with Crippen molar-refractivity contribution in [2.75, 3.05) is 0 Å². The maximum Gasteiger partial charge on any atom is 0.328 e. The van der Waals surface area contributed by atoms with Crippen LogP contribution in [0.4, 0.5) is 4.39 Å². The van der Waals surface area contributed by atoms with Gasteiger partial charge in [-0.05, 0) is 85.9 Å². The van der Waals surface area contributed by atoms with Gasteiger partial charge in [-0.2, -0.15) is 0 Å². The van der Waals surface area contributed by atoms with E-state index in [1.54, 1.807) is 32.9 Å². The molecule has 2 N–H and O–H groups in total. The number of benzene rings is 1. The molecule has 1 aromatic heterocycles. The number of carbonyl (C=O) groups excluding carboxylic acids is 1. The SMILES string of the molecule is C=C(/C=C(\c1oc(C(=O)C(C)C)cc1C)C(C)(C)C)c1ccc(Cl)c(F)c1.C=C(C)NC(C)(C)C(=O)O.CC.CCCC.CCCC(C)(C)C. The van der Waals surface area contributed by atoms with Gasteiger partial charge in [0.1, 0.15) is 17.1 Å². The van der Waals surface area contributed by atoms with Crippen molar-refractivity contribution in [1.82, 2.24) is 5.32 Å². The lowest BCUT2D eigenvalue weighted by molar-refractivity contribution is -0.143. The standard InChI is InChI=1S/C23H26ClFO2.C7H13NO2.C7H16.C4H10.C2H6/c1-13(2)21(26)20-11-15(4)22(27-20)17(23(5,6)7)10-14(3)16-8-9-18(24)19(25)12-16;1-5(2)8-7(3,4)6(9)10;1-5-6-7(2,3)4;1-3-4-2;1-2/h8-13H,3H2,1-2,4-7H3;8H,1H2,2-4H3,(H,9,10);5-6H2,1-4H3;3-4H2,1-2H3;1-2H3/b17-10+;;;;. The highest BCUT2D eigenvalue weighted by Crippen LogP contribution is 2.39. The lowest BCUT2D eigenvalue weighted by Crippen LogP contribution is -2.45. The lowest BCUT2D eigenvalue weighted by Gasteiger charge is -2.23. The van der Waals surface area contributed by atoms with Crippen molar-refractivity contribution in [2.24, 2.45) is 16.7 Å². The molecule has 7 heteroatoms. The molecule has 1 aromatic carbocycles. The number of carboxylic acids is 1. The van der Waals surface area contributed by atoms with E-state index >= 15 is 0 Å². The minimum Gasteiger partial charge on any atom is -0.480 e. The average molecular weight is 720 g/mol. The van der Waals surface area contributed by atoms with Crippen LogP contribution in [0.3, 0.4) is 0 Å². The number of hydrogen-bond acceptors (Lipinski definition) is 4. The van der Waals surface area contributed by atoms with Crippen LogP contribution in [0.5, 0.6) is 0 Å². The van der Waals surface area contributed by atoms with Gasteiger partial charge in [0.15, 0.2) is 5.76 Å². The third-order valence-corrected chi connectivity index (χ3v) is 7.21. The van der Waals surface area contributed by atoms with Gasteiger partial charge in [0.25, 0.3) is 0 Å². The predicted octanol–water partition coefficient (Wildman–Crippen LogP) is 14.0. The summed E-state index contributed by atoms with van der Waals surface area (Å²) in [5.41, 5.74) is 3.09. The second-order valence-corrected chi connectivity index (χ2v) is 15.7. The van der Waals surface area contributed by atoms with Gasteiger partial charge in [-0.15, -0.1) is 0 Å². The van der Waals surface area contributed by atoms with Crippen molar-refractivity contribution < 1.29 is 23.5 Å². The monoisotopic (exact) mass is 720 g/mol. The molecular formula is C43H71ClFNO4. The maximum absolute atomic E-state index is 13.8. The van der Waals surface area contributed by atoms with Crippen LogP contribution in [-0.2, 0) is 4.79 Å². The zero-order valence-corrected chi connectivity index (χ0v) is 35.4. The lowest BCUT2D eigenvalue weighted by atomic mass is 9.82. The Hall–Kier alpha value is -3.12. The van der Waals surface area contributed by atoms with Crippen molar-refractivity contribution >= 4 is 34.5 Å². The van der Waals surface area contributed by atoms with Gasteiger partial charge >= 0.3 is 5.97 Å². The molecule has 0 aliphatic rings. The first-order chi connectivity index (χ1) is 22.7. The molecule has 1 heterocycles. The zero-order chi connectivity index (χ0) is 40.2. The fourth-order valence-corrected chi connectivity index (χ4v) is 4.19. The number of carbonyl (C=O) groups is 2. The van der Waals surface area contributed by atoms with E-state index in [0.717, 1.165) is 11.1 Å². The highest BCUT2D eigenvalue weighted by molar-refractivity contribution is 6.30. The van der Waals surface area contributed by atoms with Crippen LogP contribution >= 0.6 is 11.6 Å². The molecular weight excluding hydrogens is 649 g/mol. The van der Waals surface area contributed by atoms with Crippen molar-refractivity contribution in [3.05, 3.63) is 82.7 Å². The Morgan fingerprint density at radius 2 is 1.46 bits per heavy atom. The van der Waals surface area contributed by atoms with E-state index < -0.39 is 17.3 Å². The predicted molar refractivity (Wildman–Crippen MR) is 216 cm³/mol. The second-order valence-electron chi connectivity index (χ2n) is 15.3. The van der Waals surface area contributed by atoms with Crippen LogP contribution in [0.2, 0.25) is 5.02 Å². The van der Waals surface area contributed by atoms with Gasteiger partial charge in [0, 0.05) is 17.2 Å². The molecule has 0 aliphatic heterocycles. The first-order valence-corrected chi connectivity index (χ1v) is 18.3. The highest BCUT2D eigenvalue weighted by Gasteiger charge is 2.27. The van der Waals surface area contributed by atoms with E-state index in [9.17, 15) is 14.0 Å². The van der Waals surface area contributed by atoms with Gasteiger partial charge < -0.3 is 14.8 Å². The number of allylic oxidation sites excluding steroid dienone is 4. The first-order valence-electron chi connectivity index (χ1n) is 17.9. The van der Waals surface area contributed by atoms with Gasteiger partial charge in [0.05, 0.1) is 5.02 Å². The topological polar surface area (TPSA) is 79.5 Å². The van der Waals surface area contributed by atoms with Gasteiger partial charge in [-0.3, -0.25) is 4.79 Å². The number of hydrogen-bond donors (Lipinski definition) is 2. The van der Waals surface area contributed by atoms with Crippen LogP contribution in [0.25, 0.3) is 11.1 Å². The van der Waals surface area contributed by atoms with Crippen molar-refractivity contribution in [2.45, 2.75) is 149 Å². The van der Waals surface area contributed by atoms with Crippen LogP contribution in [0, 0.1) is 29.5 Å². The molecule has 50 heavy (non-hydrogen) atoms.